The quantitative estimate of drug-likeness (QED) is 0.628. The third-order valence-electron chi connectivity index (χ3n) is 2.14. The molecule has 0 saturated heterocycles. The summed E-state index contributed by atoms with van der Waals surface area (Å²) in [6.45, 7) is 0. The molecule has 1 aromatic carbocycles. The summed E-state index contributed by atoms with van der Waals surface area (Å²) in [6.07, 6.45) is -4.94. The Morgan fingerprint density at radius 1 is 1.47 bits per heavy atom. The number of alkyl halides is 4. The van der Waals surface area contributed by atoms with E-state index in [9.17, 15) is 18.0 Å². The molecule has 0 aliphatic carbocycles. The van der Waals surface area contributed by atoms with Crippen molar-refractivity contribution in [2.45, 2.75) is 11.7 Å². The van der Waals surface area contributed by atoms with Crippen LogP contribution in [0.2, 0.25) is 0 Å². The smallest absolute Gasteiger partial charge is 0.465 e. The minimum atomic E-state index is -4.94. The molecule has 4 nitrogen and oxygen atoms in total. The van der Waals surface area contributed by atoms with E-state index < -0.39 is 23.6 Å². The van der Waals surface area contributed by atoms with E-state index in [1.54, 1.807) is 6.07 Å². The van der Waals surface area contributed by atoms with E-state index >= 15 is 0 Å². The van der Waals surface area contributed by atoms with Crippen LogP contribution in [-0.4, -0.2) is 19.4 Å². The van der Waals surface area contributed by atoms with Crippen molar-refractivity contribution in [3.05, 3.63) is 28.8 Å². The molecule has 0 N–H and O–H groups in total. The average Bonchev–Trinajstić information content (AvgIpc) is 2.35. The van der Waals surface area contributed by atoms with Crippen molar-refractivity contribution in [3.8, 4) is 11.8 Å². The van der Waals surface area contributed by atoms with Crippen LogP contribution in [0.25, 0.3) is 0 Å². The number of hydrogen-bond acceptors (Lipinski definition) is 4. The largest absolute Gasteiger partial charge is 0.573 e. The van der Waals surface area contributed by atoms with Gasteiger partial charge in [0.2, 0.25) is 0 Å². The van der Waals surface area contributed by atoms with Gasteiger partial charge >= 0.3 is 12.3 Å². The third-order valence-corrected chi connectivity index (χ3v) is 2.70. The maximum absolute atomic E-state index is 12.3. The maximum atomic E-state index is 12.3. The first-order valence-corrected chi connectivity index (χ1v) is 5.92. The Labute approximate surface area is 114 Å². The standard InChI is InChI=1S/C11H7BrF3NO3/c1-18-10(17)9-7(4-12)6(5-16)2-3-8(9)19-11(13,14)15/h2-3H,4H2,1H3. The Morgan fingerprint density at radius 3 is 2.53 bits per heavy atom. The molecule has 0 unspecified atom stereocenters. The van der Waals surface area contributed by atoms with Gasteiger partial charge in [0, 0.05) is 5.33 Å². The van der Waals surface area contributed by atoms with Crippen LogP contribution in [0.5, 0.6) is 5.75 Å². The molecule has 0 atom stereocenters. The molecule has 8 heteroatoms. The minimum Gasteiger partial charge on any atom is -0.465 e. The summed E-state index contributed by atoms with van der Waals surface area (Å²) >= 11 is 3.02. The highest BCUT2D eigenvalue weighted by Gasteiger charge is 2.34. The SMILES string of the molecule is COC(=O)c1c(OC(F)(F)F)ccc(C#N)c1CBr. The fraction of sp³-hybridized carbons (Fsp3) is 0.273. The number of carbonyl (C=O) groups excluding carboxylic acids is 1. The number of hydrogen-bond donors (Lipinski definition) is 0. The van der Waals surface area contributed by atoms with Crippen LogP contribution in [0.4, 0.5) is 13.2 Å². The molecule has 19 heavy (non-hydrogen) atoms. The molecule has 1 aromatic rings. The predicted octanol–water partition coefficient (Wildman–Crippen LogP) is 3.14. The number of nitrogens with zero attached hydrogens (tertiary/aromatic N) is 1. The van der Waals surface area contributed by atoms with Gasteiger partial charge in [-0.1, -0.05) is 15.9 Å². The molecule has 0 aromatic heterocycles. The van der Waals surface area contributed by atoms with Crippen molar-refractivity contribution in [3.63, 3.8) is 0 Å². The number of benzene rings is 1. The van der Waals surface area contributed by atoms with Gasteiger partial charge in [0.25, 0.3) is 0 Å². The molecular weight excluding hydrogens is 331 g/mol. The first kappa shape index (κ1) is 15.3. The van der Waals surface area contributed by atoms with Crippen molar-refractivity contribution in [2.24, 2.45) is 0 Å². The highest BCUT2D eigenvalue weighted by atomic mass is 79.9. The fourth-order valence-corrected chi connectivity index (χ4v) is 1.99. The maximum Gasteiger partial charge on any atom is 0.573 e. The van der Waals surface area contributed by atoms with Crippen molar-refractivity contribution < 1.29 is 27.4 Å². The first-order valence-electron chi connectivity index (χ1n) is 4.80. The number of halogens is 4. The summed E-state index contributed by atoms with van der Waals surface area (Å²) < 4.78 is 45.0. The number of nitriles is 1. The summed E-state index contributed by atoms with van der Waals surface area (Å²) in [4.78, 5) is 11.6. The zero-order valence-electron chi connectivity index (χ0n) is 9.55. The number of esters is 1. The van der Waals surface area contributed by atoms with E-state index in [4.69, 9.17) is 5.26 Å². The molecule has 102 valence electrons. The summed E-state index contributed by atoms with van der Waals surface area (Å²) in [5.41, 5.74) is -0.279. The second-order valence-corrected chi connectivity index (χ2v) is 3.81. The van der Waals surface area contributed by atoms with Gasteiger partial charge in [-0.3, -0.25) is 0 Å². The molecule has 0 amide bonds. The van der Waals surface area contributed by atoms with Crippen molar-refractivity contribution in [1.29, 1.82) is 5.26 Å². The van der Waals surface area contributed by atoms with Gasteiger partial charge in [-0.25, -0.2) is 4.79 Å². The summed E-state index contributed by atoms with van der Waals surface area (Å²) in [5, 5.41) is 8.88. The average molecular weight is 338 g/mol. The Balaban J connectivity index is 3.48. The van der Waals surface area contributed by atoms with Crippen LogP contribution in [0, 0.1) is 11.3 Å². The Morgan fingerprint density at radius 2 is 2.11 bits per heavy atom. The van der Waals surface area contributed by atoms with Gasteiger partial charge in [0.05, 0.1) is 18.7 Å². The molecular formula is C11H7BrF3NO3. The lowest BCUT2D eigenvalue weighted by atomic mass is 10.0. The van der Waals surface area contributed by atoms with Crippen molar-refractivity contribution in [2.75, 3.05) is 7.11 Å². The van der Waals surface area contributed by atoms with Crippen LogP contribution in [-0.2, 0) is 10.1 Å². The summed E-state index contributed by atoms with van der Waals surface area (Å²) in [6, 6.07) is 3.83. The number of methoxy groups -OCH3 is 1. The number of ether oxygens (including phenoxy) is 2. The topological polar surface area (TPSA) is 59.3 Å². The van der Waals surface area contributed by atoms with Gasteiger partial charge in [0.15, 0.2) is 0 Å². The molecule has 0 saturated carbocycles. The van der Waals surface area contributed by atoms with E-state index in [-0.39, 0.29) is 16.5 Å². The van der Waals surface area contributed by atoms with Crippen molar-refractivity contribution in [1.82, 2.24) is 0 Å². The van der Waals surface area contributed by atoms with Crippen LogP contribution in [0.1, 0.15) is 21.5 Å². The van der Waals surface area contributed by atoms with E-state index in [2.05, 4.69) is 25.4 Å². The lowest BCUT2D eigenvalue weighted by Crippen LogP contribution is -2.20. The molecule has 0 spiro atoms. The van der Waals surface area contributed by atoms with E-state index in [0.717, 1.165) is 19.2 Å². The molecule has 0 radical (unpaired) electrons. The summed E-state index contributed by atoms with van der Waals surface area (Å²) in [7, 11) is 1.02. The van der Waals surface area contributed by atoms with Crippen LogP contribution < -0.4 is 4.74 Å². The highest BCUT2D eigenvalue weighted by Crippen LogP contribution is 2.32. The van der Waals surface area contributed by atoms with Gasteiger partial charge in [-0.2, -0.15) is 5.26 Å². The monoisotopic (exact) mass is 337 g/mol. The van der Waals surface area contributed by atoms with E-state index in [1.165, 1.54) is 0 Å². The molecule has 0 heterocycles. The first-order chi connectivity index (χ1) is 8.84. The van der Waals surface area contributed by atoms with Gasteiger partial charge in [-0.05, 0) is 17.7 Å². The normalized spacial score (nSPS) is 10.7. The van der Waals surface area contributed by atoms with Crippen LogP contribution >= 0.6 is 15.9 Å². The van der Waals surface area contributed by atoms with E-state index in [0.29, 0.717) is 0 Å². The number of rotatable bonds is 3. The molecule has 1 rings (SSSR count). The zero-order chi connectivity index (χ0) is 14.6. The van der Waals surface area contributed by atoms with Crippen LogP contribution in [0.3, 0.4) is 0 Å². The van der Waals surface area contributed by atoms with E-state index in [1.807, 2.05) is 0 Å². The van der Waals surface area contributed by atoms with Gasteiger partial charge in [0.1, 0.15) is 11.3 Å². The Hall–Kier alpha value is -1.75. The second-order valence-electron chi connectivity index (χ2n) is 3.25. The lowest BCUT2D eigenvalue weighted by Gasteiger charge is -2.15. The molecule has 0 aliphatic heterocycles. The molecule has 0 fully saturated rings. The minimum absolute atomic E-state index is 0.00931. The predicted molar refractivity (Wildman–Crippen MR) is 61.8 cm³/mol. The molecule has 0 bridgehead atoms. The number of carbonyl (C=O) groups is 1. The Kier molecular flexibility index (Phi) is 4.78. The zero-order valence-corrected chi connectivity index (χ0v) is 11.1. The van der Waals surface area contributed by atoms with Gasteiger partial charge in [-0.15, -0.1) is 13.2 Å². The van der Waals surface area contributed by atoms with Crippen LogP contribution in [0.15, 0.2) is 12.1 Å². The van der Waals surface area contributed by atoms with Crippen molar-refractivity contribution >= 4 is 21.9 Å². The highest BCUT2D eigenvalue weighted by molar-refractivity contribution is 9.08. The van der Waals surface area contributed by atoms with Gasteiger partial charge < -0.3 is 9.47 Å². The summed E-state index contributed by atoms with van der Waals surface area (Å²) in [5.74, 6) is -1.71. The third kappa shape index (κ3) is 3.61. The Bertz CT molecular complexity index is 537. The fourth-order valence-electron chi connectivity index (χ4n) is 1.41. The molecule has 0 aliphatic rings. The lowest BCUT2D eigenvalue weighted by molar-refractivity contribution is -0.274. The second kappa shape index (κ2) is 5.93.